The second kappa shape index (κ2) is 5.90. The van der Waals surface area contributed by atoms with Gasteiger partial charge in [0.15, 0.2) is 5.03 Å². The molecule has 0 saturated carbocycles. The molecule has 3 N–H and O–H groups in total. The maximum Gasteiger partial charge on any atom is 0.262 e. The van der Waals surface area contributed by atoms with E-state index in [9.17, 15) is 8.42 Å². The Morgan fingerprint density at radius 3 is 2.48 bits per heavy atom. The Hall–Kier alpha value is -1.18. The summed E-state index contributed by atoms with van der Waals surface area (Å²) in [6.07, 6.45) is 3.22. The van der Waals surface area contributed by atoms with E-state index in [1.54, 1.807) is 12.1 Å². The van der Waals surface area contributed by atoms with E-state index in [0.717, 1.165) is 12.8 Å². The quantitative estimate of drug-likeness (QED) is 0.656. The van der Waals surface area contributed by atoms with Crippen molar-refractivity contribution in [1.82, 2.24) is 9.29 Å². The second-order valence-electron chi connectivity index (χ2n) is 6.54. The van der Waals surface area contributed by atoms with E-state index in [1.807, 2.05) is 0 Å². The van der Waals surface area contributed by atoms with Crippen LogP contribution >= 0.6 is 0 Å². The van der Waals surface area contributed by atoms with Crippen molar-refractivity contribution in [2.75, 3.05) is 18.5 Å². The summed E-state index contributed by atoms with van der Waals surface area (Å²) in [5.74, 6) is 5.92. The molecule has 2 heterocycles. The molecule has 0 spiro atoms. The van der Waals surface area contributed by atoms with Crippen LogP contribution in [0.25, 0.3) is 0 Å². The third kappa shape index (κ3) is 3.36. The lowest BCUT2D eigenvalue weighted by Gasteiger charge is -2.38. The molecule has 1 fully saturated rings. The number of anilines is 1. The van der Waals surface area contributed by atoms with Gasteiger partial charge in [0.1, 0.15) is 0 Å². The average Bonchev–Trinajstić information content (AvgIpc) is 2.46. The monoisotopic (exact) mass is 312 g/mol. The van der Waals surface area contributed by atoms with E-state index in [0.29, 0.717) is 24.7 Å². The highest BCUT2D eigenvalue weighted by atomic mass is 32.2. The number of hydrogen-bond donors (Lipinski definition) is 2. The Labute approximate surface area is 126 Å². The lowest BCUT2D eigenvalue weighted by molar-refractivity contribution is 0.154. The Bertz CT molecular complexity index is 587. The molecule has 6 nitrogen and oxygen atoms in total. The normalized spacial score (nSPS) is 18.7. The fourth-order valence-electron chi connectivity index (χ4n) is 2.79. The zero-order valence-corrected chi connectivity index (χ0v) is 13.7. The molecule has 118 valence electrons. The number of piperidine rings is 1. The highest BCUT2D eigenvalue weighted by Gasteiger charge is 2.35. The summed E-state index contributed by atoms with van der Waals surface area (Å²) >= 11 is 0. The van der Waals surface area contributed by atoms with Gasteiger partial charge in [-0.25, -0.2) is 13.4 Å². The topological polar surface area (TPSA) is 88.3 Å². The van der Waals surface area contributed by atoms with Crippen molar-refractivity contribution in [3.05, 3.63) is 18.3 Å². The number of hydrogen-bond acceptors (Lipinski definition) is 5. The number of pyridine rings is 1. The molecule has 1 aliphatic rings. The molecule has 1 aromatic heterocycles. The van der Waals surface area contributed by atoms with E-state index >= 15 is 0 Å². The number of nitrogen functional groups attached to an aromatic ring is 1. The van der Waals surface area contributed by atoms with Crippen LogP contribution in [0.3, 0.4) is 0 Å². The first-order chi connectivity index (χ1) is 9.76. The minimum Gasteiger partial charge on any atom is -0.321 e. The third-order valence-electron chi connectivity index (χ3n) is 4.19. The molecule has 21 heavy (non-hydrogen) atoms. The van der Waals surface area contributed by atoms with Gasteiger partial charge in [-0.3, -0.25) is 5.84 Å². The van der Waals surface area contributed by atoms with Gasteiger partial charge in [-0.2, -0.15) is 4.31 Å². The van der Waals surface area contributed by atoms with Gasteiger partial charge in [-0.1, -0.05) is 20.8 Å². The van der Waals surface area contributed by atoms with Crippen LogP contribution < -0.4 is 11.3 Å². The summed E-state index contributed by atoms with van der Waals surface area (Å²) in [5.41, 5.74) is 2.95. The van der Waals surface area contributed by atoms with Crippen LogP contribution in [-0.2, 0) is 10.0 Å². The fraction of sp³-hybridized carbons (Fsp3) is 0.643. The van der Waals surface area contributed by atoms with Gasteiger partial charge < -0.3 is 5.43 Å². The molecule has 0 aromatic carbocycles. The van der Waals surface area contributed by atoms with E-state index in [4.69, 9.17) is 5.84 Å². The largest absolute Gasteiger partial charge is 0.321 e. The van der Waals surface area contributed by atoms with E-state index in [2.05, 4.69) is 31.2 Å². The maximum atomic E-state index is 12.7. The first-order valence-corrected chi connectivity index (χ1v) is 8.62. The van der Waals surface area contributed by atoms with E-state index < -0.39 is 10.0 Å². The summed E-state index contributed by atoms with van der Waals surface area (Å²) in [5, 5.41) is 0.00158. The van der Waals surface area contributed by atoms with Crippen LogP contribution in [0.15, 0.2) is 23.4 Å². The standard InChI is InChI=1S/C14H24N4O2S/c1-14(2,3)11-6-9-18(10-7-11)21(19,20)13-12(17-15)5-4-8-16-13/h4-5,8,11,17H,6-7,9-10,15H2,1-3H3. The number of nitrogens with two attached hydrogens (primary N) is 1. The van der Waals surface area contributed by atoms with Gasteiger partial charge in [0.2, 0.25) is 0 Å². The van der Waals surface area contributed by atoms with Crippen LogP contribution in [0.5, 0.6) is 0 Å². The van der Waals surface area contributed by atoms with Crippen molar-refractivity contribution < 1.29 is 8.42 Å². The number of sulfonamides is 1. The van der Waals surface area contributed by atoms with Crippen molar-refractivity contribution in [1.29, 1.82) is 0 Å². The van der Waals surface area contributed by atoms with Crippen LogP contribution in [0.4, 0.5) is 5.69 Å². The van der Waals surface area contributed by atoms with Gasteiger partial charge in [0.25, 0.3) is 10.0 Å². The first kappa shape index (κ1) is 16.2. The van der Waals surface area contributed by atoms with Crippen molar-refractivity contribution in [2.24, 2.45) is 17.2 Å². The van der Waals surface area contributed by atoms with Crippen molar-refractivity contribution in [2.45, 2.75) is 38.6 Å². The van der Waals surface area contributed by atoms with Crippen molar-refractivity contribution >= 4 is 15.7 Å². The van der Waals surface area contributed by atoms with Gasteiger partial charge in [-0.05, 0) is 36.3 Å². The highest BCUT2D eigenvalue weighted by molar-refractivity contribution is 7.89. The first-order valence-electron chi connectivity index (χ1n) is 7.18. The maximum absolute atomic E-state index is 12.7. The lowest BCUT2D eigenvalue weighted by atomic mass is 9.76. The summed E-state index contributed by atoms with van der Waals surface area (Å²) < 4.78 is 26.9. The Kier molecular flexibility index (Phi) is 4.55. The number of aromatic nitrogens is 1. The molecule has 7 heteroatoms. The summed E-state index contributed by atoms with van der Waals surface area (Å²) in [6.45, 7) is 7.68. The van der Waals surface area contributed by atoms with Gasteiger partial charge >= 0.3 is 0 Å². The lowest BCUT2D eigenvalue weighted by Crippen LogP contribution is -2.41. The average molecular weight is 312 g/mol. The van der Waals surface area contributed by atoms with Crippen LogP contribution in [0.2, 0.25) is 0 Å². The predicted molar refractivity (Wildman–Crippen MR) is 83.0 cm³/mol. The zero-order chi connectivity index (χ0) is 15.7. The molecular formula is C14H24N4O2S. The molecule has 1 aromatic rings. The number of nitrogens with zero attached hydrogens (tertiary/aromatic N) is 2. The summed E-state index contributed by atoms with van der Waals surface area (Å²) in [4.78, 5) is 3.99. The Morgan fingerprint density at radius 2 is 1.95 bits per heavy atom. The van der Waals surface area contributed by atoms with Crippen molar-refractivity contribution in [3.63, 3.8) is 0 Å². The fourth-order valence-corrected chi connectivity index (χ4v) is 4.33. The molecule has 2 rings (SSSR count). The molecule has 0 amide bonds. The number of hydrazine groups is 1. The van der Waals surface area contributed by atoms with E-state index in [-0.39, 0.29) is 10.4 Å². The minimum atomic E-state index is -3.59. The SMILES string of the molecule is CC(C)(C)C1CCN(S(=O)(=O)c2ncccc2NN)CC1. The molecule has 0 unspecified atom stereocenters. The number of nitrogens with one attached hydrogen (secondary N) is 1. The summed E-state index contributed by atoms with van der Waals surface area (Å²) in [6, 6.07) is 3.27. The Morgan fingerprint density at radius 1 is 1.33 bits per heavy atom. The third-order valence-corrected chi connectivity index (χ3v) is 6.05. The second-order valence-corrected chi connectivity index (χ2v) is 8.40. The molecule has 0 bridgehead atoms. The van der Waals surface area contributed by atoms with E-state index in [1.165, 1.54) is 10.5 Å². The predicted octanol–water partition coefficient (Wildman–Crippen LogP) is 1.81. The Balaban J connectivity index is 2.19. The van der Waals surface area contributed by atoms with Crippen LogP contribution in [-0.4, -0.2) is 30.8 Å². The molecule has 1 saturated heterocycles. The van der Waals surface area contributed by atoms with Gasteiger partial charge in [-0.15, -0.1) is 0 Å². The molecule has 0 radical (unpaired) electrons. The zero-order valence-electron chi connectivity index (χ0n) is 12.8. The van der Waals surface area contributed by atoms with Gasteiger partial charge in [0.05, 0.1) is 5.69 Å². The molecule has 0 aliphatic carbocycles. The molecule has 0 atom stereocenters. The smallest absolute Gasteiger partial charge is 0.262 e. The van der Waals surface area contributed by atoms with Crippen LogP contribution in [0, 0.1) is 11.3 Å². The van der Waals surface area contributed by atoms with Gasteiger partial charge in [0, 0.05) is 19.3 Å². The minimum absolute atomic E-state index is 0.00158. The molecule has 1 aliphatic heterocycles. The van der Waals surface area contributed by atoms with Crippen LogP contribution in [0.1, 0.15) is 33.6 Å². The summed E-state index contributed by atoms with van der Waals surface area (Å²) in [7, 11) is -3.59. The highest BCUT2D eigenvalue weighted by Crippen LogP contribution is 2.36. The molecular weight excluding hydrogens is 288 g/mol. The number of rotatable bonds is 3. The van der Waals surface area contributed by atoms with Crippen molar-refractivity contribution in [3.8, 4) is 0 Å².